The minimum atomic E-state index is 0.796. The summed E-state index contributed by atoms with van der Waals surface area (Å²) < 4.78 is 5.53. The number of rotatable bonds is 6. The number of nitrogens with one attached hydrogen (secondary N) is 1. The van der Waals surface area contributed by atoms with Gasteiger partial charge in [0, 0.05) is 18.4 Å². The van der Waals surface area contributed by atoms with Crippen molar-refractivity contribution in [2.75, 3.05) is 19.7 Å². The minimum absolute atomic E-state index is 0.796. The van der Waals surface area contributed by atoms with E-state index in [1.165, 1.54) is 5.56 Å². The predicted molar refractivity (Wildman–Crippen MR) is 81.4 cm³/mol. The van der Waals surface area contributed by atoms with Crippen LogP contribution < -0.4 is 10.1 Å². The highest BCUT2D eigenvalue weighted by atomic mass is 32.1. The van der Waals surface area contributed by atoms with E-state index in [0.717, 1.165) is 60.3 Å². The SMILES string of the molecule is CCNCCCc1nnc(-c2ccc3c(c2)CCO3)s1. The lowest BCUT2D eigenvalue weighted by atomic mass is 10.1. The Morgan fingerprint density at radius 2 is 2.30 bits per heavy atom. The molecule has 1 N–H and O–H groups in total. The molecule has 1 aliphatic rings. The summed E-state index contributed by atoms with van der Waals surface area (Å²) in [6, 6.07) is 6.31. The van der Waals surface area contributed by atoms with E-state index >= 15 is 0 Å². The number of aryl methyl sites for hydroxylation is 1. The molecule has 0 fully saturated rings. The summed E-state index contributed by atoms with van der Waals surface area (Å²) in [4.78, 5) is 0. The molecule has 0 radical (unpaired) electrons. The molecule has 1 aromatic heterocycles. The molecular formula is C15H19N3OS. The largest absolute Gasteiger partial charge is 0.493 e. The molecule has 4 nitrogen and oxygen atoms in total. The molecule has 20 heavy (non-hydrogen) atoms. The average Bonchev–Trinajstić information content (AvgIpc) is 3.11. The van der Waals surface area contributed by atoms with Gasteiger partial charge in [-0.3, -0.25) is 0 Å². The van der Waals surface area contributed by atoms with Crippen molar-refractivity contribution in [1.82, 2.24) is 15.5 Å². The van der Waals surface area contributed by atoms with Gasteiger partial charge >= 0.3 is 0 Å². The van der Waals surface area contributed by atoms with E-state index in [9.17, 15) is 0 Å². The van der Waals surface area contributed by atoms with Crippen LogP contribution in [0.25, 0.3) is 10.6 Å². The molecule has 106 valence electrons. The Hall–Kier alpha value is -1.46. The second-order valence-electron chi connectivity index (χ2n) is 4.88. The maximum atomic E-state index is 5.53. The first-order valence-corrected chi connectivity index (χ1v) is 7.97. The van der Waals surface area contributed by atoms with Gasteiger partial charge in [-0.1, -0.05) is 18.3 Å². The molecule has 5 heteroatoms. The Kier molecular flexibility index (Phi) is 4.28. The first-order chi connectivity index (χ1) is 9.86. The van der Waals surface area contributed by atoms with Gasteiger partial charge in [0.15, 0.2) is 0 Å². The van der Waals surface area contributed by atoms with Crippen molar-refractivity contribution in [2.24, 2.45) is 0 Å². The number of aromatic nitrogens is 2. The summed E-state index contributed by atoms with van der Waals surface area (Å²) in [5.74, 6) is 1.02. The molecule has 2 aromatic rings. The van der Waals surface area contributed by atoms with E-state index in [1.54, 1.807) is 11.3 Å². The van der Waals surface area contributed by atoms with E-state index in [4.69, 9.17) is 4.74 Å². The number of fused-ring (bicyclic) bond motifs is 1. The Labute approximate surface area is 123 Å². The van der Waals surface area contributed by atoms with Gasteiger partial charge in [-0.2, -0.15) is 0 Å². The van der Waals surface area contributed by atoms with Crippen molar-refractivity contribution < 1.29 is 4.74 Å². The molecule has 0 unspecified atom stereocenters. The van der Waals surface area contributed by atoms with Crippen LogP contribution in [-0.4, -0.2) is 29.9 Å². The molecule has 0 atom stereocenters. The smallest absolute Gasteiger partial charge is 0.147 e. The van der Waals surface area contributed by atoms with Crippen LogP contribution in [0.4, 0.5) is 0 Å². The zero-order valence-electron chi connectivity index (χ0n) is 11.7. The van der Waals surface area contributed by atoms with Crippen LogP contribution in [-0.2, 0) is 12.8 Å². The van der Waals surface area contributed by atoms with Gasteiger partial charge in [-0.15, -0.1) is 10.2 Å². The van der Waals surface area contributed by atoms with Gasteiger partial charge < -0.3 is 10.1 Å². The second kappa shape index (κ2) is 6.33. The maximum Gasteiger partial charge on any atom is 0.147 e. The lowest BCUT2D eigenvalue weighted by molar-refractivity contribution is 0.357. The molecule has 3 rings (SSSR count). The predicted octanol–water partition coefficient (Wildman–Crippen LogP) is 2.68. The Morgan fingerprint density at radius 1 is 1.35 bits per heavy atom. The van der Waals surface area contributed by atoms with Crippen LogP contribution in [0.2, 0.25) is 0 Å². The van der Waals surface area contributed by atoms with Crippen LogP contribution in [0.1, 0.15) is 23.9 Å². The summed E-state index contributed by atoms with van der Waals surface area (Å²) in [5.41, 5.74) is 2.44. The summed E-state index contributed by atoms with van der Waals surface area (Å²) in [7, 11) is 0. The topological polar surface area (TPSA) is 47.0 Å². The molecular weight excluding hydrogens is 270 g/mol. The van der Waals surface area contributed by atoms with Crippen LogP contribution in [0.3, 0.4) is 0 Å². The number of ether oxygens (including phenoxy) is 1. The fraction of sp³-hybridized carbons (Fsp3) is 0.467. The van der Waals surface area contributed by atoms with Crippen molar-refractivity contribution in [1.29, 1.82) is 0 Å². The third kappa shape index (κ3) is 2.99. The molecule has 0 spiro atoms. The van der Waals surface area contributed by atoms with E-state index in [0.29, 0.717) is 0 Å². The van der Waals surface area contributed by atoms with Crippen molar-refractivity contribution in [3.63, 3.8) is 0 Å². The monoisotopic (exact) mass is 289 g/mol. The summed E-state index contributed by atoms with van der Waals surface area (Å²) in [5, 5.41) is 14.1. The lowest BCUT2D eigenvalue weighted by Crippen LogP contribution is -2.14. The van der Waals surface area contributed by atoms with Crippen molar-refractivity contribution in [2.45, 2.75) is 26.2 Å². The van der Waals surface area contributed by atoms with Crippen LogP contribution >= 0.6 is 11.3 Å². The normalized spacial score (nSPS) is 13.2. The van der Waals surface area contributed by atoms with E-state index in [2.05, 4.69) is 34.6 Å². The summed E-state index contributed by atoms with van der Waals surface area (Å²) >= 11 is 1.70. The van der Waals surface area contributed by atoms with Gasteiger partial charge in [0.05, 0.1) is 6.61 Å². The van der Waals surface area contributed by atoms with Crippen LogP contribution in [0, 0.1) is 0 Å². The van der Waals surface area contributed by atoms with Gasteiger partial charge in [-0.05, 0) is 43.3 Å². The molecule has 0 amide bonds. The first kappa shape index (κ1) is 13.5. The lowest BCUT2D eigenvalue weighted by Gasteiger charge is -2.00. The zero-order valence-corrected chi connectivity index (χ0v) is 12.5. The summed E-state index contributed by atoms with van der Waals surface area (Å²) in [6.07, 6.45) is 3.11. The minimum Gasteiger partial charge on any atom is -0.493 e. The van der Waals surface area contributed by atoms with Crippen LogP contribution in [0.5, 0.6) is 5.75 Å². The maximum absolute atomic E-state index is 5.53. The molecule has 0 bridgehead atoms. The number of benzene rings is 1. The Bertz CT molecular complexity index is 582. The van der Waals surface area contributed by atoms with Gasteiger partial charge in [0.2, 0.25) is 0 Å². The fourth-order valence-corrected chi connectivity index (χ4v) is 3.21. The van der Waals surface area contributed by atoms with Gasteiger partial charge in [0.1, 0.15) is 15.8 Å². The third-order valence-corrected chi connectivity index (χ3v) is 4.43. The standard InChI is InChI=1S/C15H19N3OS/c1-2-16-8-3-4-14-17-18-15(20-14)12-5-6-13-11(10-12)7-9-19-13/h5-6,10,16H,2-4,7-9H2,1H3. The number of hydrogen-bond acceptors (Lipinski definition) is 5. The Balaban J connectivity index is 1.67. The van der Waals surface area contributed by atoms with Gasteiger partial charge in [-0.25, -0.2) is 0 Å². The molecule has 0 saturated carbocycles. The average molecular weight is 289 g/mol. The Morgan fingerprint density at radius 3 is 3.20 bits per heavy atom. The van der Waals surface area contributed by atoms with Crippen LogP contribution in [0.15, 0.2) is 18.2 Å². The highest BCUT2D eigenvalue weighted by molar-refractivity contribution is 7.14. The second-order valence-corrected chi connectivity index (χ2v) is 5.94. The third-order valence-electron chi connectivity index (χ3n) is 3.40. The van der Waals surface area contributed by atoms with Crippen molar-refractivity contribution >= 4 is 11.3 Å². The molecule has 1 aromatic carbocycles. The van der Waals surface area contributed by atoms with Gasteiger partial charge in [0.25, 0.3) is 0 Å². The van der Waals surface area contributed by atoms with E-state index < -0.39 is 0 Å². The van der Waals surface area contributed by atoms with E-state index in [1.807, 2.05) is 6.07 Å². The molecule has 0 aliphatic carbocycles. The zero-order chi connectivity index (χ0) is 13.8. The molecule has 2 heterocycles. The van der Waals surface area contributed by atoms with E-state index in [-0.39, 0.29) is 0 Å². The fourth-order valence-electron chi connectivity index (χ4n) is 2.33. The number of nitrogens with zero attached hydrogens (tertiary/aromatic N) is 2. The van der Waals surface area contributed by atoms with Crippen molar-refractivity contribution in [3.8, 4) is 16.3 Å². The van der Waals surface area contributed by atoms with Crippen molar-refractivity contribution in [3.05, 3.63) is 28.8 Å². The number of hydrogen-bond donors (Lipinski definition) is 1. The highest BCUT2D eigenvalue weighted by Crippen LogP contribution is 2.31. The summed E-state index contributed by atoms with van der Waals surface area (Å²) in [6.45, 7) is 4.99. The quantitative estimate of drug-likeness (QED) is 0.831. The molecule has 1 aliphatic heterocycles. The first-order valence-electron chi connectivity index (χ1n) is 7.16. The molecule has 0 saturated heterocycles. The highest BCUT2D eigenvalue weighted by Gasteiger charge is 2.14.